The number of furan rings is 1. The van der Waals surface area contributed by atoms with E-state index in [1.54, 1.807) is 27.0 Å². The summed E-state index contributed by atoms with van der Waals surface area (Å²) in [7, 11) is 0. The quantitative estimate of drug-likeness (QED) is 0.530. The van der Waals surface area contributed by atoms with Crippen LogP contribution in [-0.4, -0.2) is 35.1 Å². The summed E-state index contributed by atoms with van der Waals surface area (Å²) in [6.45, 7) is 13.1. The number of rotatable bonds is 10. The third kappa shape index (κ3) is 6.69. The Morgan fingerprint density at radius 2 is 1.71 bits per heavy atom. The zero-order valence-electron chi connectivity index (χ0n) is 19.5. The Bertz CT molecular complexity index is 847. The van der Waals surface area contributed by atoms with E-state index in [0.29, 0.717) is 19.7 Å². The van der Waals surface area contributed by atoms with E-state index in [0.717, 1.165) is 16.9 Å². The van der Waals surface area contributed by atoms with Crippen LogP contribution in [0.3, 0.4) is 0 Å². The number of esters is 1. The lowest BCUT2D eigenvalue weighted by Crippen LogP contribution is -2.38. The Balaban J connectivity index is 2.23. The van der Waals surface area contributed by atoms with Crippen molar-refractivity contribution in [2.45, 2.75) is 60.5 Å². The number of carboxylic acid groups (broad SMARTS) is 1. The molecular formula is C25H35NO5. The fraction of sp³-hybridized carbons (Fsp3) is 0.520. The largest absolute Gasteiger partial charge is 0.481 e. The summed E-state index contributed by atoms with van der Waals surface area (Å²) in [5, 5.41) is 9.80. The maximum atomic E-state index is 12.1. The highest BCUT2D eigenvalue weighted by Crippen LogP contribution is 2.47. The van der Waals surface area contributed by atoms with E-state index in [1.807, 2.05) is 41.3 Å². The van der Waals surface area contributed by atoms with Crippen LogP contribution in [0.1, 0.15) is 64.3 Å². The Kier molecular flexibility index (Phi) is 8.07. The minimum atomic E-state index is -0.908. The zero-order valence-corrected chi connectivity index (χ0v) is 19.5. The fourth-order valence-corrected chi connectivity index (χ4v) is 4.38. The van der Waals surface area contributed by atoms with Gasteiger partial charge in [0.05, 0.1) is 31.4 Å². The van der Waals surface area contributed by atoms with Crippen molar-refractivity contribution in [2.75, 3.05) is 13.2 Å². The van der Waals surface area contributed by atoms with Crippen molar-refractivity contribution in [2.24, 2.45) is 10.8 Å². The first-order valence-electron chi connectivity index (χ1n) is 10.7. The molecule has 0 radical (unpaired) electrons. The lowest BCUT2D eigenvalue weighted by Gasteiger charge is -2.40. The second kappa shape index (κ2) is 10.1. The fourth-order valence-electron chi connectivity index (χ4n) is 4.38. The standard InChI is InChI=1S/C25H35NO5/c1-7-30-21(27)17-26(16-20-9-8-14-31-20)15-18-10-12-19(13-11-18)22(24(2,3)4)25(5,6)23(28)29/h8-14,22H,7,15-17H2,1-6H3,(H,28,29). The van der Waals surface area contributed by atoms with E-state index < -0.39 is 11.4 Å². The number of aliphatic carboxylic acids is 1. The summed E-state index contributed by atoms with van der Waals surface area (Å²) < 4.78 is 10.6. The number of nitrogens with zero attached hydrogens (tertiary/aromatic N) is 1. The summed E-state index contributed by atoms with van der Waals surface area (Å²) in [6.07, 6.45) is 1.61. The summed E-state index contributed by atoms with van der Waals surface area (Å²) >= 11 is 0. The summed E-state index contributed by atoms with van der Waals surface area (Å²) in [5.74, 6) is -0.473. The van der Waals surface area contributed by atoms with Crippen LogP contribution in [0.15, 0.2) is 47.1 Å². The van der Waals surface area contributed by atoms with Gasteiger partial charge >= 0.3 is 11.9 Å². The molecule has 0 saturated carbocycles. The van der Waals surface area contributed by atoms with Gasteiger partial charge in [-0.05, 0) is 49.4 Å². The Hall–Kier alpha value is -2.60. The number of carbonyl (C=O) groups excluding carboxylic acids is 1. The van der Waals surface area contributed by atoms with Crippen LogP contribution in [0.5, 0.6) is 0 Å². The number of hydrogen-bond acceptors (Lipinski definition) is 5. The van der Waals surface area contributed by atoms with Gasteiger partial charge in [0.2, 0.25) is 0 Å². The molecule has 2 rings (SSSR count). The van der Waals surface area contributed by atoms with E-state index in [4.69, 9.17) is 9.15 Å². The van der Waals surface area contributed by atoms with Crippen molar-refractivity contribution in [1.29, 1.82) is 0 Å². The average Bonchev–Trinajstić information content (AvgIpc) is 3.15. The molecule has 170 valence electrons. The highest BCUT2D eigenvalue weighted by molar-refractivity contribution is 5.75. The topological polar surface area (TPSA) is 80.0 Å². The average molecular weight is 430 g/mol. The number of ether oxygens (including phenoxy) is 1. The first-order chi connectivity index (χ1) is 14.4. The van der Waals surface area contributed by atoms with Crippen molar-refractivity contribution < 1.29 is 23.8 Å². The molecule has 6 heteroatoms. The molecule has 1 atom stereocenters. The van der Waals surface area contributed by atoms with Gasteiger partial charge < -0.3 is 14.3 Å². The van der Waals surface area contributed by atoms with Gasteiger partial charge in [-0.2, -0.15) is 0 Å². The molecule has 6 nitrogen and oxygen atoms in total. The van der Waals surface area contributed by atoms with Gasteiger partial charge in [-0.25, -0.2) is 0 Å². The molecular weight excluding hydrogens is 394 g/mol. The van der Waals surface area contributed by atoms with Crippen molar-refractivity contribution in [1.82, 2.24) is 4.90 Å². The van der Waals surface area contributed by atoms with E-state index in [9.17, 15) is 14.7 Å². The lowest BCUT2D eigenvalue weighted by molar-refractivity contribution is -0.150. The molecule has 0 bridgehead atoms. The highest BCUT2D eigenvalue weighted by Gasteiger charge is 2.44. The van der Waals surface area contributed by atoms with Gasteiger partial charge in [0.15, 0.2) is 0 Å². The molecule has 1 N–H and O–H groups in total. The van der Waals surface area contributed by atoms with Crippen LogP contribution in [0.4, 0.5) is 0 Å². The van der Waals surface area contributed by atoms with Gasteiger partial charge in [0.1, 0.15) is 5.76 Å². The first kappa shape index (κ1) is 24.7. The van der Waals surface area contributed by atoms with E-state index in [1.165, 1.54) is 0 Å². The second-order valence-electron chi connectivity index (χ2n) is 9.60. The van der Waals surface area contributed by atoms with Gasteiger partial charge in [0, 0.05) is 12.5 Å². The van der Waals surface area contributed by atoms with Crippen molar-refractivity contribution in [3.05, 3.63) is 59.5 Å². The molecule has 0 spiro atoms. The van der Waals surface area contributed by atoms with Crippen molar-refractivity contribution >= 4 is 11.9 Å². The molecule has 0 fully saturated rings. The first-order valence-corrected chi connectivity index (χ1v) is 10.7. The molecule has 1 aromatic carbocycles. The minimum Gasteiger partial charge on any atom is -0.481 e. The van der Waals surface area contributed by atoms with Gasteiger partial charge in [-0.15, -0.1) is 0 Å². The molecule has 0 aliphatic carbocycles. The van der Waals surface area contributed by atoms with Crippen LogP contribution in [0, 0.1) is 10.8 Å². The van der Waals surface area contributed by atoms with E-state index >= 15 is 0 Å². The molecule has 1 aromatic heterocycles. The predicted molar refractivity (Wildman–Crippen MR) is 120 cm³/mol. The highest BCUT2D eigenvalue weighted by atomic mass is 16.5. The smallest absolute Gasteiger partial charge is 0.320 e. The molecule has 0 saturated heterocycles. The van der Waals surface area contributed by atoms with Gasteiger partial charge in [-0.3, -0.25) is 14.5 Å². The van der Waals surface area contributed by atoms with E-state index in [2.05, 4.69) is 20.8 Å². The monoisotopic (exact) mass is 429 g/mol. The summed E-state index contributed by atoms with van der Waals surface area (Å²) in [4.78, 5) is 26.0. The van der Waals surface area contributed by atoms with E-state index in [-0.39, 0.29) is 23.8 Å². The number of hydrogen-bond donors (Lipinski definition) is 1. The van der Waals surface area contributed by atoms with Crippen LogP contribution >= 0.6 is 0 Å². The van der Waals surface area contributed by atoms with Crippen molar-refractivity contribution in [3.8, 4) is 0 Å². The molecule has 0 aliphatic rings. The molecule has 0 amide bonds. The summed E-state index contributed by atoms with van der Waals surface area (Å²) in [6, 6.07) is 11.7. The Morgan fingerprint density at radius 3 is 2.19 bits per heavy atom. The van der Waals surface area contributed by atoms with Crippen molar-refractivity contribution in [3.63, 3.8) is 0 Å². The molecule has 1 unspecified atom stereocenters. The SMILES string of the molecule is CCOC(=O)CN(Cc1ccc(C(C(C)(C)C)C(C)(C)C(=O)O)cc1)Cc1ccco1. The lowest BCUT2D eigenvalue weighted by atomic mass is 9.63. The molecule has 1 heterocycles. The Labute approximate surface area is 185 Å². The van der Waals surface area contributed by atoms with Gasteiger partial charge in [-0.1, -0.05) is 45.0 Å². The third-order valence-electron chi connectivity index (χ3n) is 5.48. The predicted octanol–water partition coefficient (Wildman–Crippen LogP) is 5.09. The number of carbonyl (C=O) groups is 2. The maximum Gasteiger partial charge on any atom is 0.320 e. The van der Waals surface area contributed by atoms with Crippen LogP contribution in [0.25, 0.3) is 0 Å². The molecule has 0 aliphatic heterocycles. The summed E-state index contributed by atoms with van der Waals surface area (Å²) in [5.41, 5.74) is 0.889. The van der Waals surface area contributed by atoms with Crippen LogP contribution in [-0.2, 0) is 27.4 Å². The van der Waals surface area contributed by atoms with Gasteiger partial charge in [0.25, 0.3) is 0 Å². The number of benzene rings is 1. The van der Waals surface area contributed by atoms with Crippen LogP contribution in [0.2, 0.25) is 0 Å². The normalized spacial score (nSPS) is 13.3. The number of carboxylic acids is 1. The second-order valence-corrected chi connectivity index (χ2v) is 9.60. The zero-order chi connectivity index (χ0) is 23.2. The molecule has 2 aromatic rings. The third-order valence-corrected chi connectivity index (χ3v) is 5.48. The minimum absolute atomic E-state index is 0.160. The van der Waals surface area contributed by atoms with Crippen LogP contribution < -0.4 is 0 Å². The molecule has 31 heavy (non-hydrogen) atoms. The maximum absolute atomic E-state index is 12.1. The Morgan fingerprint density at radius 1 is 1.06 bits per heavy atom.